The van der Waals surface area contributed by atoms with Crippen molar-refractivity contribution in [3.63, 3.8) is 0 Å². The van der Waals surface area contributed by atoms with Gasteiger partial charge >= 0.3 is 6.18 Å². The standard InChI is InChI=1S/C19H12F3N3OS/c20-19(21,22)12-2-1-3-14(8-12)27-18-15-9-16(25-17(15)23-10-24-18)11-4-6-13(26)7-5-11/h1-10,26H,(H,23,24,25). The van der Waals surface area contributed by atoms with Crippen LogP contribution in [0.2, 0.25) is 0 Å². The van der Waals surface area contributed by atoms with Crippen molar-refractivity contribution in [3.05, 3.63) is 66.5 Å². The molecule has 136 valence electrons. The third-order valence-electron chi connectivity index (χ3n) is 3.94. The fraction of sp³-hybridized carbons (Fsp3) is 0.0526. The predicted octanol–water partition coefficient (Wildman–Crippen LogP) is 5.50. The van der Waals surface area contributed by atoms with Crippen LogP contribution in [-0.4, -0.2) is 20.1 Å². The van der Waals surface area contributed by atoms with Crippen LogP contribution in [0.3, 0.4) is 0 Å². The zero-order chi connectivity index (χ0) is 19.0. The molecule has 4 rings (SSSR count). The molecule has 0 aliphatic heterocycles. The van der Waals surface area contributed by atoms with Gasteiger partial charge in [0.15, 0.2) is 0 Å². The van der Waals surface area contributed by atoms with Gasteiger partial charge < -0.3 is 10.1 Å². The smallest absolute Gasteiger partial charge is 0.416 e. The van der Waals surface area contributed by atoms with Crippen molar-refractivity contribution >= 4 is 22.8 Å². The molecule has 2 N–H and O–H groups in total. The Morgan fingerprint density at radius 1 is 0.963 bits per heavy atom. The summed E-state index contributed by atoms with van der Waals surface area (Å²) in [6.07, 6.45) is -3.02. The lowest BCUT2D eigenvalue weighted by molar-refractivity contribution is -0.137. The van der Waals surface area contributed by atoms with Gasteiger partial charge in [-0.15, -0.1) is 0 Å². The molecular weight excluding hydrogens is 375 g/mol. The molecule has 0 amide bonds. The van der Waals surface area contributed by atoms with Crippen LogP contribution in [0.15, 0.2) is 70.8 Å². The summed E-state index contributed by atoms with van der Waals surface area (Å²) in [5.74, 6) is 0.162. The van der Waals surface area contributed by atoms with E-state index in [0.717, 1.165) is 35.2 Å². The quantitative estimate of drug-likeness (QED) is 0.456. The van der Waals surface area contributed by atoms with E-state index in [1.807, 2.05) is 6.07 Å². The molecular formula is C19H12F3N3OS. The first-order valence-electron chi connectivity index (χ1n) is 7.88. The molecule has 2 aromatic heterocycles. The van der Waals surface area contributed by atoms with Gasteiger partial charge in [0.05, 0.1) is 10.9 Å². The maximum atomic E-state index is 12.9. The number of halogens is 3. The summed E-state index contributed by atoms with van der Waals surface area (Å²) >= 11 is 1.15. The summed E-state index contributed by atoms with van der Waals surface area (Å²) in [4.78, 5) is 12.0. The molecule has 0 atom stereocenters. The van der Waals surface area contributed by atoms with E-state index in [4.69, 9.17) is 0 Å². The minimum absolute atomic E-state index is 0.162. The van der Waals surface area contributed by atoms with Crippen LogP contribution in [0.1, 0.15) is 5.56 Å². The summed E-state index contributed by atoms with van der Waals surface area (Å²) < 4.78 is 38.8. The summed E-state index contributed by atoms with van der Waals surface area (Å²) in [6, 6.07) is 13.6. The lowest BCUT2D eigenvalue weighted by atomic mass is 10.1. The van der Waals surface area contributed by atoms with Crippen LogP contribution in [0, 0.1) is 0 Å². The minimum atomic E-state index is -4.39. The highest BCUT2D eigenvalue weighted by molar-refractivity contribution is 7.99. The van der Waals surface area contributed by atoms with E-state index < -0.39 is 11.7 Å². The highest BCUT2D eigenvalue weighted by atomic mass is 32.2. The van der Waals surface area contributed by atoms with Gasteiger partial charge in [0, 0.05) is 10.6 Å². The van der Waals surface area contributed by atoms with Crippen LogP contribution in [0.25, 0.3) is 22.3 Å². The van der Waals surface area contributed by atoms with E-state index in [1.165, 1.54) is 12.4 Å². The number of phenols is 1. The molecule has 0 aliphatic rings. The largest absolute Gasteiger partial charge is 0.508 e. The molecule has 0 fully saturated rings. The normalized spacial score (nSPS) is 11.8. The highest BCUT2D eigenvalue weighted by Gasteiger charge is 2.30. The monoisotopic (exact) mass is 387 g/mol. The fourth-order valence-electron chi connectivity index (χ4n) is 2.64. The van der Waals surface area contributed by atoms with Gasteiger partial charge in [0.1, 0.15) is 22.7 Å². The average Bonchev–Trinajstić information content (AvgIpc) is 3.07. The van der Waals surface area contributed by atoms with Gasteiger partial charge in [-0.05, 0) is 54.1 Å². The van der Waals surface area contributed by atoms with Crippen molar-refractivity contribution in [2.45, 2.75) is 16.1 Å². The van der Waals surface area contributed by atoms with Crippen molar-refractivity contribution in [1.82, 2.24) is 15.0 Å². The molecule has 8 heteroatoms. The number of alkyl halides is 3. The molecule has 0 radical (unpaired) electrons. The minimum Gasteiger partial charge on any atom is -0.508 e. The molecule has 27 heavy (non-hydrogen) atoms. The van der Waals surface area contributed by atoms with E-state index in [1.54, 1.807) is 30.3 Å². The van der Waals surface area contributed by atoms with Crippen molar-refractivity contribution in [3.8, 4) is 17.0 Å². The Kier molecular flexibility index (Phi) is 4.27. The van der Waals surface area contributed by atoms with Crippen LogP contribution >= 0.6 is 11.8 Å². The Morgan fingerprint density at radius 3 is 2.48 bits per heavy atom. The SMILES string of the molecule is Oc1ccc(-c2cc3c(Sc4cccc(C(F)(F)F)c4)ncnc3[nH]2)cc1. The number of aromatic hydroxyl groups is 1. The molecule has 0 aliphatic carbocycles. The number of H-pyrrole nitrogens is 1. The Labute approximate surface area is 156 Å². The number of fused-ring (bicyclic) bond motifs is 1. The predicted molar refractivity (Wildman–Crippen MR) is 96.6 cm³/mol. The maximum Gasteiger partial charge on any atom is 0.416 e. The molecule has 2 heterocycles. The molecule has 2 aromatic carbocycles. The summed E-state index contributed by atoms with van der Waals surface area (Å²) in [7, 11) is 0. The molecule has 0 spiro atoms. The zero-order valence-electron chi connectivity index (χ0n) is 13.7. The molecule has 4 aromatic rings. The number of rotatable bonds is 3. The van der Waals surface area contributed by atoms with Gasteiger partial charge in [-0.3, -0.25) is 0 Å². The lowest BCUT2D eigenvalue weighted by Crippen LogP contribution is -2.04. The van der Waals surface area contributed by atoms with E-state index in [0.29, 0.717) is 21.0 Å². The van der Waals surface area contributed by atoms with Gasteiger partial charge in [-0.1, -0.05) is 17.8 Å². The summed E-state index contributed by atoms with van der Waals surface area (Å²) in [5, 5.41) is 10.7. The number of aromatic amines is 1. The van der Waals surface area contributed by atoms with Crippen molar-refractivity contribution < 1.29 is 18.3 Å². The topological polar surface area (TPSA) is 61.8 Å². The Morgan fingerprint density at radius 2 is 1.74 bits per heavy atom. The maximum absolute atomic E-state index is 12.9. The number of hydrogen-bond donors (Lipinski definition) is 2. The van der Waals surface area contributed by atoms with Crippen LogP contribution in [-0.2, 0) is 6.18 Å². The molecule has 0 bridgehead atoms. The zero-order valence-corrected chi connectivity index (χ0v) is 14.5. The number of aromatic nitrogens is 3. The molecule has 0 unspecified atom stereocenters. The van der Waals surface area contributed by atoms with Crippen molar-refractivity contribution in [2.24, 2.45) is 0 Å². The highest BCUT2D eigenvalue weighted by Crippen LogP contribution is 2.36. The second-order valence-corrected chi connectivity index (χ2v) is 6.86. The fourth-order valence-corrected chi connectivity index (χ4v) is 3.56. The third kappa shape index (κ3) is 3.61. The van der Waals surface area contributed by atoms with E-state index in [9.17, 15) is 18.3 Å². The van der Waals surface area contributed by atoms with Gasteiger partial charge in [0.2, 0.25) is 0 Å². The Bertz CT molecular complexity index is 1110. The van der Waals surface area contributed by atoms with Crippen molar-refractivity contribution in [1.29, 1.82) is 0 Å². The lowest BCUT2D eigenvalue weighted by Gasteiger charge is -2.08. The van der Waals surface area contributed by atoms with Crippen LogP contribution < -0.4 is 0 Å². The van der Waals surface area contributed by atoms with Crippen LogP contribution in [0.4, 0.5) is 13.2 Å². The first-order valence-corrected chi connectivity index (χ1v) is 8.70. The van der Waals surface area contributed by atoms with Gasteiger partial charge in [-0.25, -0.2) is 9.97 Å². The van der Waals surface area contributed by atoms with E-state index in [-0.39, 0.29) is 5.75 Å². The first kappa shape index (κ1) is 17.4. The van der Waals surface area contributed by atoms with E-state index >= 15 is 0 Å². The van der Waals surface area contributed by atoms with Gasteiger partial charge in [-0.2, -0.15) is 13.2 Å². The summed E-state index contributed by atoms with van der Waals surface area (Å²) in [5.41, 5.74) is 1.51. The number of phenolic OH excluding ortho intramolecular Hbond substituents is 1. The number of hydrogen-bond acceptors (Lipinski definition) is 4. The Hall–Kier alpha value is -3.00. The number of nitrogens with one attached hydrogen (secondary N) is 1. The molecule has 0 saturated heterocycles. The van der Waals surface area contributed by atoms with Crippen molar-refractivity contribution in [2.75, 3.05) is 0 Å². The second-order valence-electron chi connectivity index (χ2n) is 5.80. The summed E-state index contributed by atoms with van der Waals surface area (Å²) in [6.45, 7) is 0. The van der Waals surface area contributed by atoms with E-state index in [2.05, 4.69) is 15.0 Å². The number of benzene rings is 2. The molecule has 4 nitrogen and oxygen atoms in total. The van der Waals surface area contributed by atoms with Gasteiger partial charge in [0.25, 0.3) is 0 Å². The van der Waals surface area contributed by atoms with Crippen LogP contribution in [0.5, 0.6) is 5.75 Å². The average molecular weight is 387 g/mol. The molecule has 0 saturated carbocycles. The Balaban J connectivity index is 1.72. The number of nitrogens with zero attached hydrogens (tertiary/aromatic N) is 2. The first-order chi connectivity index (χ1) is 12.9. The second kappa shape index (κ2) is 6.62. The third-order valence-corrected chi connectivity index (χ3v) is 4.95.